The summed E-state index contributed by atoms with van der Waals surface area (Å²) in [5.74, 6) is -0.584. The first kappa shape index (κ1) is 25.4. The highest BCUT2D eigenvalue weighted by molar-refractivity contribution is 6.46. The topological polar surface area (TPSA) is 85.3 Å². The van der Waals surface area contributed by atoms with Crippen LogP contribution in [0.4, 0.5) is 0 Å². The summed E-state index contributed by atoms with van der Waals surface area (Å²) < 4.78 is 16.3. The molecule has 1 heterocycles. The van der Waals surface area contributed by atoms with Crippen LogP contribution >= 0.6 is 11.6 Å². The van der Waals surface area contributed by atoms with Crippen LogP contribution in [0.1, 0.15) is 50.3 Å². The number of carbonyl (C=O) groups excluding carboxylic acids is 2. The van der Waals surface area contributed by atoms with Gasteiger partial charge in [-0.1, -0.05) is 43.5 Å². The summed E-state index contributed by atoms with van der Waals surface area (Å²) in [6.07, 6.45) is 2.62. The van der Waals surface area contributed by atoms with Crippen molar-refractivity contribution < 1.29 is 28.9 Å². The second kappa shape index (κ2) is 11.3. The van der Waals surface area contributed by atoms with E-state index in [-0.39, 0.29) is 27.7 Å². The minimum Gasteiger partial charge on any atom is -0.507 e. The number of nitrogens with zero attached hydrogens (tertiary/aromatic N) is 1. The Morgan fingerprint density at radius 2 is 1.79 bits per heavy atom. The van der Waals surface area contributed by atoms with Gasteiger partial charge in [-0.3, -0.25) is 9.59 Å². The number of hydrogen-bond donors (Lipinski definition) is 1. The standard InChI is InChI=1S/C26H30ClNO6/c1-5-7-8-12-28-23(16-10-9-11-17(13-16)34-6-2)22(25(30)26(28)31)24(29)18-14-21(33-4)19(27)15-20(18)32-3/h9-11,13-15,23,29H,5-8,12H2,1-4H3/b24-22+. The fraction of sp³-hybridized carbons (Fsp3) is 0.385. The minimum absolute atomic E-state index is 0.0159. The molecule has 2 aromatic rings. The predicted octanol–water partition coefficient (Wildman–Crippen LogP) is 5.37. The third kappa shape index (κ3) is 4.99. The Balaban J connectivity index is 2.22. The SMILES string of the molecule is CCCCCN1C(=O)C(=O)/C(=C(/O)c2cc(OC)c(Cl)cc2OC)C1c1cccc(OCC)c1. The molecule has 8 heteroatoms. The number of unbranched alkanes of at least 4 members (excludes halogenated alkanes) is 2. The maximum Gasteiger partial charge on any atom is 0.295 e. The molecule has 1 amide bonds. The zero-order valence-corrected chi connectivity index (χ0v) is 20.6. The molecule has 3 rings (SSSR count). The van der Waals surface area contributed by atoms with E-state index in [0.717, 1.165) is 19.3 Å². The number of likely N-dealkylation sites (tertiary alicyclic amines) is 1. The second-order valence-corrected chi connectivity index (χ2v) is 8.30. The van der Waals surface area contributed by atoms with Crippen molar-refractivity contribution in [3.63, 3.8) is 0 Å². The molecule has 182 valence electrons. The molecule has 1 atom stereocenters. The highest BCUT2D eigenvalue weighted by Crippen LogP contribution is 2.43. The number of hydrogen-bond acceptors (Lipinski definition) is 6. The quantitative estimate of drug-likeness (QED) is 0.210. The molecule has 7 nitrogen and oxygen atoms in total. The smallest absolute Gasteiger partial charge is 0.295 e. The van der Waals surface area contributed by atoms with Crippen LogP contribution in [0.5, 0.6) is 17.2 Å². The van der Waals surface area contributed by atoms with E-state index in [1.807, 2.05) is 19.1 Å². The second-order valence-electron chi connectivity index (χ2n) is 7.89. The number of rotatable bonds is 10. The summed E-state index contributed by atoms with van der Waals surface area (Å²) >= 11 is 6.22. The Morgan fingerprint density at radius 3 is 2.44 bits per heavy atom. The summed E-state index contributed by atoms with van der Waals surface area (Å²) in [5.41, 5.74) is 0.863. The van der Waals surface area contributed by atoms with Crippen LogP contribution in [-0.4, -0.2) is 49.1 Å². The number of aliphatic hydroxyl groups is 1. The van der Waals surface area contributed by atoms with Gasteiger partial charge in [0.2, 0.25) is 0 Å². The normalized spacial score (nSPS) is 17.2. The Hall–Kier alpha value is -3.19. The largest absolute Gasteiger partial charge is 0.507 e. The lowest BCUT2D eigenvalue weighted by Gasteiger charge is -2.26. The van der Waals surface area contributed by atoms with Gasteiger partial charge in [0.15, 0.2) is 0 Å². The predicted molar refractivity (Wildman–Crippen MR) is 131 cm³/mol. The van der Waals surface area contributed by atoms with Gasteiger partial charge in [-0.25, -0.2) is 0 Å². The van der Waals surface area contributed by atoms with E-state index in [4.69, 9.17) is 25.8 Å². The number of methoxy groups -OCH3 is 2. The zero-order chi connectivity index (χ0) is 24.8. The molecule has 1 unspecified atom stereocenters. The monoisotopic (exact) mass is 487 g/mol. The molecule has 1 fully saturated rings. The van der Waals surface area contributed by atoms with Gasteiger partial charge in [-0.2, -0.15) is 0 Å². The lowest BCUT2D eigenvalue weighted by Crippen LogP contribution is -2.30. The number of aliphatic hydroxyl groups excluding tert-OH is 1. The molecule has 34 heavy (non-hydrogen) atoms. The van der Waals surface area contributed by atoms with Crippen LogP contribution in [0.3, 0.4) is 0 Å². The highest BCUT2D eigenvalue weighted by atomic mass is 35.5. The van der Waals surface area contributed by atoms with Gasteiger partial charge in [0.25, 0.3) is 11.7 Å². The minimum atomic E-state index is -0.774. The van der Waals surface area contributed by atoms with E-state index >= 15 is 0 Å². The van der Waals surface area contributed by atoms with Crippen molar-refractivity contribution in [3.8, 4) is 17.2 Å². The molecule has 0 aromatic heterocycles. The molecule has 0 aliphatic carbocycles. The van der Waals surface area contributed by atoms with Crippen molar-refractivity contribution in [2.24, 2.45) is 0 Å². The third-order valence-electron chi connectivity index (χ3n) is 5.76. The number of carbonyl (C=O) groups is 2. The van der Waals surface area contributed by atoms with Gasteiger partial charge in [0.1, 0.15) is 23.0 Å². The van der Waals surface area contributed by atoms with Crippen LogP contribution in [0.25, 0.3) is 5.76 Å². The fourth-order valence-corrected chi connectivity index (χ4v) is 4.35. The Bertz CT molecular complexity index is 1100. The van der Waals surface area contributed by atoms with Gasteiger partial charge in [0.05, 0.1) is 43.0 Å². The number of ether oxygens (including phenoxy) is 3. The first-order chi connectivity index (χ1) is 16.4. The van der Waals surface area contributed by atoms with Gasteiger partial charge in [-0.05, 0) is 37.1 Å². The lowest BCUT2D eigenvalue weighted by atomic mass is 9.94. The molecule has 1 saturated heterocycles. The fourth-order valence-electron chi connectivity index (χ4n) is 4.12. The van der Waals surface area contributed by atoms with E-state index < -0.39 is 17.7 Å². The molecule has 0 bridgehead atoms. The summed E-state index contributed by atoms with van der Waals surface area (Å²) in [4.78, 5) is 27.9. The first-order valence-corrected chi connectivity index (χ1v) is 11.7. The average molecular weight is 488 g/mol. The van der Waals surface area contributed by atoms with Gasteiger partial charge in [-0.15, -0.1) is 0 Å². The van der Waals surface area contributed by atoms with Crippen molar-refractivity contribution in [1.82, 2.24) is 4.90 Å². The van der Waals surface area contributed by atoms with Crippen molar-refractivity contribution in [1.29, 1.82) is 0 Å². The van der Waals surface area contributed by atoms with Crippen LogP contribution < -0.4 is 14.2 Å². The molecule has 2 aromatic carbocycles. The number of Topliss-reactive ketones (excluding diaryl/α,β-unsaturated/α-hetero) is 1. The van der Waals surface area contributed by atoms with Gasteiger partial charge < -0.3 is 24.2 Å². The summed E-state index contributed by atoms with van der Waals surface area (Å²) in [5, 5.41) is 11.7. The van der Waals surface area contributed by atoms with E-state index in [0.29, 0.717) is 30.2 Å². The Labute approximate surface area is 204 Å². The van der Waals surface area contributed by atoms with Crippen molar-refractivity contribution in [2.45, 2.75) is 39.2 Å². The molecular weight excluding hydrogens is 458 g/mol. The van der Waals surface area contributed by atoms with Gasteiger partial charge in [0, 0.05) is 12.6 Å². The molecule has 0 spiro atoms. The maximum atomic E-state index is 13.2. The van der Waals surface area contributed by atoms with E-state index in [2.05, 4.69) is 6.92 Å². The van der Waals surface area contributed by atoms with E-state index in [1.165, 1.54) is 31.3 Å². The summed E-state index contributed by atoms with van der Waals surface area (Å²) in [6.45, 7) is 4.81. The third-order valence-corrected chi connectivity index (χ3v) is 6.05. The van der Waals surface area contributed by atoms with Crippen molar-refractivity contribution in [3.05, 3.63) is 58.1 Å². The number of benzene rings is 2. The zero-order valence-electron chi connectivity index (χ0n) is 19.9. The molecule has 0 radical (unpaired) electrons. The Morgan fingerprint density at radius 1 is 1.06 bits per heavy atom. The maximum absolute atomic E-state index is 13.2. The Kier molecular flexibility index (Phi) is 8.45. The molecule has 1 N–H and O–H groups in total. The molecule has 1 aliphatic rings. The first-order valence-electron chi connectivity index (χ1n) is 11.3. The summed E-state index contributed by atoms with van der Waals surface area (Å²) in [7, 11) is 2.88. The number of ketones is 1. The lowest BCUT2D eigenvalue weighted by molar-refractivity contribution is -0.139. The van der Waals surface area contributed by atoms with Crippen molar-refractivity contribution in [2.75, 3.05) is 27.4 Å². The molecule has 1 aliphatic heterocycles. The number of halogens is 1. The highest BCUT2D eigenvalue weighted by Gasteiger charge is 2.46. The van der Waals surface area contributed by atoms with Crippen LogP contribution in [0.2, 0.25) is 5.02 Å². The average Bonchev–Trinajstić information content (AvgIpc) is 3.09. The van der Waals surface area contributed by atoms with Gasteiger partial charge >= 0.3 is 0 Å². The van der Waals surface area contributed by atoms with Crippen LogP contribution in [0, 0.1) is 0 Å². The van der Waals surface area contributed by atoms with E-state index in [1.54, 1.807) is 12.1 Å². The van der Waals surface area contributed by atoms with Crippen LogP contribution in [0.15, 0.2) is 42.0 Å². The molecule has 0 saturated carbocycles. The molecular formula is C26H30ClNO6. The van der Waals surface area contributed by atoms with E-state index in [9.17, 15) is 14.7 Å². The number of amides is 1. The van der Waals surface area contributed by atoms with Crippen molar-refractivity contribution >= 4 is 29.1 Å². The van der Waals surface area contributed by atoms with Crippen LogP contribution in [-0.2, 0) is 9.59 Å². The summed E-state index contributed by atoms with van der Waals surface area (Å²) in [6, 6.07) is 9.44.